The Balaban J connectivity index is 1.61. The molecule has 1 N–H and O–H groups in total. The summed E-state index contributed by atoms with van der Waals surface area (Å²) >= 11 is 5.86. The van der Waals surface area contributed by atoms with Crippen molar-refractivity contribution in [3.05, 3.63) is 29.3 Å². The van der Waals surface area contributed by atoms with Gasteiger partial charge in [0.25, 0.3) is 0 Å². The van der Waals surface area contributed by atoms with Gasteiger partial charge in [0.15, 0.2) is 0 Å². The van der Waals surface area contributed by atoms with E-state index >= 15 is 0 Å². The molecule has 1 aliphatic rings. The minimum Gasteiger partial charge on any atom is -0.492 e. The minimum atomic E-state index is 0.0128. The first-order valence-corrected chi connectivity index (χ1v) is 7.50. The molecule has 0 saturated carbocycles. The van der Waals surface area contributed by atoms with E-state index in [1.807, 2.05) is 19.1 Å². The average Bonchev–Trinajstić information content (AvgIpc) is 2.44. The largest absolute Gasteiger partial charge is 0.492 e. The van der Waals surface area contributed by atoms with Crippen LogP contribution in [0.15, 0.2) is 24.3 Å². The molecule has 0 bridgehead atoms. The van der Waals surface area contributed by atoms with Gasteiger partial charge < -0.3 is 14.8 Å². The normalized spacial score (nSPS) is 19.2. The lowest BCUT2D eigenvalue weighted by atomic mass is 10.3. The van der Waals surface area contributed by atoms with Gasteiger partial charge in [-0.05, 0) is 25.1 Å². The number of hydrogen-bond donors (Lipinski definition) is 1. The van der Waals surface area contributed by atoms with E-state index < -0.39 is 0 Å². The van der Waals surface area contributed by atoms with Crippen LogP contribution in [0.25, 0.3) is 0 Å². The third-order valence-electron chi connectivity index (χ3n) is 3.18. The van der Waals surface area contributed by atoms with Gasteiger partial charge in [-0.1, -0.05) is 17.7 Å². The molecule has 0 aliphatic carbocycles. The third kappa shape index (κ3) is 5.91. The molecule has 0 radical (unpaired) electrons. The molecule has 1 aromatic rings. The molecule has 6 heteroatoms. The van der Waals surface area contributed by atoms with Crippen molar-refractivity contribution in [1.82, 2.24) is 10.2 Å². The summed E-state index contributed by atoms with van der Waals surface area (Å²) in [6.07, 6.45) is 0.192. The molecule has 1 aromatic carbocycles. The first kappa shape index (κ1) is 16.1. The van der Waals surface area contributed by atoms with Gasteiger partial charge in [0.2, 0.25) is 5.91 Å². The summed E-state index contributed by atoms with van der Waals surface area (Å²) in [4.78, 5) is 13.9. The van der Waals surface area contributed by atoms with E-state index in [4.69, 9.17) is 21.1 Å². The van der Waals surface area contributed by atoms with Crippen LogP contribution in [0.4, 0.5) is 0 Å². The van der Waals surface area contributed by atoms with Gasteiger partial charge in [0.1, 0.15) is 12.4 Å². The van der Waals surface area contributed by atoms with Crippen molar-refractivity contribution < 1.29 is 14.3 Å². The van der Waals surface area contributed by atoms with Crippen molar-refractivity contribution >= 4 is 17.5 Å². The second-order valence-electron chi connectivity index (χ2n) is 5.07. The van der Waals surface area contributed by atoms with Crippen LogP contribution in [-0.4, -0.2) is 56.3 Å². The van der Waals surface area contributed by atoms with Gasteiger partial charge in [0, 0.05) is 18.1 Å². The zero-order chi connectivity index (χ0) is 15.1. The fraction of sp³-hybridized carbons (Fsp3) is 0.533. The fourth-order valence-corrected chi connectivity index (χ4v) is 2.39. The maximum absolute atomic E-state index is 11.8. The van der Waals surface area contributed by atoms with E-state index in [0.717, 1.165) is 13.1 Å². The van der Waals surface area contributed by atoms with E-state index in [0.29, 0.717) is 37.1 Å². The highest BCUT2D eigenvalue weighted by atomic mass is 35.5. The molecule has 1 saturated heterocycles. The molecule has 1 amide bonds. The molecule has 1 aliphatic heterocycles. The highest BCUT2D eigenvalue weighted by Crippen LogP contribution is 2.16. The van der Waals surface area contributed by atoms with E-state index in [9.17, 15) is 4.79 Å². The minimum absolute atomic E-state index is 0.0128. The fourth-order valence-electron chi connectivity index (χ4n) is 2.21. The number of hydrogen-bond acceptors (Lipinski definition) is 4. The Morgan fingerprint density at radius 3 is 3.19 bits per heavy atom. The Hall–Kier alpha value is -1.30. The average molecular weight is 313 g/mol. The number of nitrogens with one attached hydrogen (secondary N) is 1. The number of halogens is 1. The molecule has 21 heavy (non-hydrogen) atoms. The number of benzene rings is 1. The Morgan fingerprint density at radius 1 is 1.57 bits per heavy atom. The summed E-state index contributed by atoms with van der Waals surface area (Å²) in [6, 6.07) is 7.21. The van der Waals surface area contributed by atoms with Crippen LogP contribution in [0.1, 0.15) is 6.92 Å². The number of carbonyl (C=O) groups is 1. The summed E-state index contributed by atoms with van der Waals surface area (Å²) in [5.74, 6) is 0.720. The van der Waals surface area contributed by atoms with Gasteiger partial charge in [-0.3, -0.25) is 9.69 Å². The molecule has 5 nitrogen and oxygen atoms in total. The third-order valence-corrected chi connectivity index (χ3v) is 3.42. The van der Waals surface area contributed by atoms with Gasteiger partial charge in [-0.15, -0.1) is 0 Å². The van der Waals surface area contributed by atoms with Gasteiger partial charge >= 0.3 is 0 Å². The van der Waals surface area contributed by atoms with Crippen LogP contribution in [0, 0.1) is 0 Å². The molecule has 1 unspecified atom stereocenters. The van der Waals surface area contributed by atoms with E-state index in [-0.39, 0.29) is 12.0 Å². The number of amides is 1. The predicted molar refractivity (Wildman–Crippen MR) is 81.8 cm³/mol. The quantitative estimate of drug-likeness (QED) is 0.810. The van der Waals surface area contributed by atoms with Gasteiger partial charge in [0.05, 0.1) is 25.8 Å². The first-order valence-electron chi connectivity index (χ1n) is 7.12. The highest BCUT2D eigenvalue weighted by Gasteiger charge is 2.18. The first-order chi connectivity index (χ1) is 10.1. The Morgan fingerprint density at radius 2 is 2.43 bits per heavy atom. The molecule has 1 fully saturated rings. The standard InChI is InChI=1S/C15H21ClN2O3/c1-12-10-18(6-8-20-12)11-15(19)17-5-7-21-14-4-2-3-13(16)9-14/h2-4,9,12H,5-8,10-11H2,1H3,(H,17,19). The summed E-state index contributed by atoms with van der Waals surface area (Å²) in [6.45, 7) is 5.61. The SMILES string of the molecule is CC1CN(CC(=O)NCCOc2cccc(Cl)c2)CCO1. The second kappa shape index (κ2) is 8.22. The van der Waals surface area contributed by atoms with Crippen molar-refractivity contribution in [1.29, 1.82) is 0 Å². The zero-order valence-corrected chi connectivity index (χ0v) is 12.9. The number of nitrogens with zero attached hydrogens (tertiary/aromatic N) is 1. The molecule has 1 atom stereocenters. The summed E-state index contributed by atoms with van der Waals surface area (Å²) in [7, 11) is 0. The maximum Gasteiger partial charge on any atom is 0.234 e. The van der Waals surface area contributed by atoms with Crippen LogP contribution >= 0.6 is 11.6 Å². The van der Waals surface area contributed by atoms with Crippen LogP contribution < -0.4 is 10.1 Å². The van der Waals surface area contributed by atoms with Crippen molar-refractivity contribution in [3.63, 3.8) is 0 Å². The summed E-state index contributed by atoms with van der Waals surface area (Å²) in [5, 5.41) is 3.49. The maximum atomic E-state index is 11.8. The van der Waals surface area contributed by atoms with Gasteiger partial charge in [-0.25, -0.2) is 0 Å². The molecule has 0 aromatic heterocycles. The molecular formula is C15H21ClN2O3. The Kier molecular flexibility index (Phi) is 6.29. The number of rotatable bonds is 6. The lowest BCUT2D eigenvalue weighted by Crippen LogP contribution is -2.46. The monoisotopic (exact) mass is 312 g/mol. The molecule has 1 heterocycles. The lowest BCUT2D eigenvalue weighted by molar-refractivity contribution is -0.124. The predicted octanol–water partition coefficient (Wildman–Crippen LogP) is 1.56. The van der Waals surface area contributed by atoms with Crippen LogP contribution in [0.3, 0.4) is 0 Å². The van der Waals surface area contributed by atoms with Crippen LogP contribution in [0.5, 0.6) is 5.75 Å². The zero-order valence-electron chi connectivity index (χ0n) is 12.2. The van der Waals surface area contributed by atoms with Crippen LogP contribution in [-0.2, 0) is 9.53 Å². The van der Waals surface area contributed by atoms with Crippen molar-refractivity contribution in [2.24, 2.45) is 0 Å². The second-order valence-corrected chi connectivity index (χ2v) is 5.51. The molecule has 0 spiro atoms. The van der Waals surface area contributed by atoms with E-state index in [1.54, 1.807) is 12.1 Å². The number of carbonyl (C=O) groups excluding carboxylic acids is 1. The van der Waals surface area contributed by atoms with Crippen molar-refractivity contribution in [2.75, 3.05) is 39.4 Å². The Labute approximate surface area is 130 Å². The van der Waals surface area contributed by atoms with Crippen LogP contribution in [0.2, 0.25) is 5.02 Å². The topological polar surface area (TPSA) is 50.8 Å². The summed E-state index contributed by atoms with van der Waals surface area (Å²) < 4.78 is 11.0. The van der Waals surface area contributed by atoms with Crippen molar-refractivity contribution in [3.8, 4) is 5.75 Å². The highest BCUT2D eigenvalue weighted by molar-refractivity contribution is 6.30. The van der Waals surface area contributed by atoms with Gasteiger partial charge in [-0.2, -0.15) is 0 Å². The van der Waals surface area contributed by atoms with E-state index in [1.165, 1.54) is 0 Å². The number of morpholine rings is 1. The van der Waals surface area contributed by atoms with Crippen molar-refractivity contribution in [2.45, 2.75) is 13.0 Å². The summed E-state index contributed by atoms with van der Waals surface area (Å²) in [5.41, 5.74) is 0. The Bertz CT molecular complexity index is 470. The lowest BCUT2D eigenvalue weighted by Gasteiger charge is -2.30. The smallest absolute Gasteiger partial charge is 0.234 e. The van der Waals surface area contributed by atoms with E-state index in [2.05, 4.69) is 10.2 Å². The molecular weight excluding hydrogens is 292 g/mol. The molecule has 116 valence electrons. The molecule has 2 rings (SSSR count). The number of ether oxygens (including phenoxy) is 2.